The van der Waals surface area contributed by atoms with Gasteiger partial charge in [0.2, 0.25) is 0 Å². The van der Waals surface area contributed by atoms with Gasteiger partial charge in [0.05, 0.1) is 12.7 Å². The highest BCUT2D eigenvalue weighted by Crippen LogP contribution is 2.52. The standard InChI is InChI=1S/C30H50O5/c1-3-4-10-22(2)11-9-12-26(34-28-13-5-7-17-32-28)30-25-20-23(15-16-31)19-24(25)21-27(30)35-29-14-6-8-18-33-29/h12,19,22,24-25,27-31H,3-11,13-18,20-21H2,1-2H3/t22?,24-,25-,27+,28?,29?,30-/m1/s1. The number of rotatable bonds is 13. The van der Waals surface area contributed by atoms with Gasteiger partial charge in [-0.2, -0.15) is 0 Å². The largest absolute Gasteiger partial charge is 0.469 e. The van der Waals surface area contributed by atoms with Crippen LogP contribution in [-0.4, -0.2) is 43.6 Å². The zero-order valence-electron chi connectivity index (χ0n) is 22.3. The van der Waals surface area contributed by atoms with E-state index in [0.717, 1.165) is 76.3 Å². The van der Waals surface area contributed by atoms with E-state index >= 15 is 0 Å². The van der Waals surface area contributed by atoms with Gasteiger partial charge in [-0.25, -0.2) is 0 Å². The molecule has 0 aromatic carbocycles. The number of aliphatic hydroxyl groups excluding tert-OH is 1. The molecule has 3 fully saturated rings. The molecule has 7 atom stereocenters. The molecule has 5 heteroatoms. The van der Waals surface area contributed by atoms with E-state index in [9.17, 15) is 5.11 Å². The van der Waals surface area contributed by atoms with Crippen molar-refractivity contribution >= 4 is 0 Å². The third kappa shape index (κ3) is 7.80. The van der Waals surface area contributed by atoms with E-state index in [1.807, 2.05) is 0 Å². The smallest absolute Gasteiger partial charge is 0.199 e. The SMILES string of the molecule is CCCCC(C)CCC=C(OC1CCCCO1)[C@H]1[C@@H]2CC(CCO)=C[C@@H]2C[C@@H]1OC1CCCCO1. The highest BCUT2D eigenvalue weighted by atomic mass is 16.7. The highest BCUT2D eigenvalue weighted by Gasteiger charge is 2.49. The number of hydrogen-bond acceptors (Lipinski definition) is 5. The first kappa shape index (κ1) is 27.2. The summed E-state index contributed by atoms with van der Waals surface area (Å²) in [6, 6.07) is 0. The van der Waals surface area contributed by atoms with Crippen LogP contribution in [0.15, 0.2) is 23.5 Å². The summed E-state index contributed by atoms with van der Waals surface area (Å²) in [4.78, 5) is 0. The Labute approximate surface area is 213 Å². The summed E-state index contributed by atoms with van der Waals surface area (Å²) >= 11 is 0. The van der Waals surface area contributed by atoms with Crippen molar-refractivity contribution in [2.24, 2.45) is 23.7 Å². The van der Waals surface area contributed by atoms with Crippen molar-refractivity contribution in [3.8, 4) is 0 Å². The Bertz CT molecular complexity index is 676. The van der Waals surface area contributed by atoms with Gasteiger partial charge in [0.15, 0.2) is 12.6 Å². The van der Waals surface area contributed by atoms with Crippen LogP contribution in [0.5, 0.6) is 0 Å². The number of unbranched alkanes of at least 4 members (excludes halogenated alkanes) is 1. The van der Waals surface area contributed by atoms with Crippen LogP contribution in [0, 0.1) is 23.7 Å². The molecule has 1 N–H and O–H groups in total. The average Bonchev–Trinajstić information content (AvgIpc) is 3.40. The third-order valence-electron chi connectivity index (χ3n) is 8.55. The maximum absolute atomic E-state index is 9.54. The lowest BCUT2D eigenvalue weighted by Gasteiger charge is -2.34. The lowest BCUT2D eigenvalue weighted by atomic mass is 9.87. The Kier molecular flexibility index (Phi) is 11.0. The van der Waals surface area contributed by atoms with Crippen molar-refractivity contribution in [3.05, 3.63) is 23.5 Å². The molecule has 5 nitrogen and oxygen atoms in total. The second-order valence-corrected chi connectivity index (χ2v) is 11.4. The minimum atomic E-state index is -0.135. The molecule has 200 valence electrons. The molecule has 2 saturated heterocycles. The molecular weight excluding hydrogens is 440 g/mol. The Balaban J connectivity index is 1.51. The second kappa shape index (κ2) is 14.2. The van der Waals surface area contributed by atoms with Gasteiger partial charge in [-0.05, 0) is 88.0 Å². The Morgan fingerprint density at radius 1 is 1.11 bits per heavy atom. The summed E-state index contributed by atoms with van der Waals surface area (Å²) in [7, 11) is 0. The van der Waals surface area contributed by atoms with Gasteiger partial charge in [0, 0.05) is 25.6 Å². The van der Waals surface area contributed by atoms with Crippen molar-refractivity contribution in [1.29, 1.82) is 0 Å². The first-order valence-corrected chi connectivity index (χ1v) is 14.7. The van der Waals surface area contributed by atoms with Crippen LogP contribution in [0.3, 0.4) is 0 Å². The van der Waals surface area contributed by atoms with E-state index in [0.29, 0.717) is 11.8 Å². The molecule has 2 heterocycles. The summed E-state index contributed by atoms with van der Waals surface area (Å²) in [5, 5.41) is 9.54. The maximum atomic E-state index is 9.54. The Hall–Kier alpha value is -0.880. The van der Waals surface area contributed by atoms with Crippen molar-refractivity contribution in [2.75, 3.05) is 19.8 Å². The highest BCUT2D eigenvalue weighted by molar-refractivity contribution is 5.23. The Morgan fingerprint density at radius 2 is 1.89 bits per heavy atom. The van der Waals surface area contributed by atoms with Crippen LogP contribution >= 0.6 is 0 Å². The van der Waals surface area contributed by atoms with E-state index < -0.39 is 0 Å². The van der Waals surface area contributed by atoms with Crippen molar-refractivity contribution < 1.29 is 24.1 Å². The minimum Gasteiger partial charge on any atom is -0.469 e. The lowest BCUT2D eigenvalue weighted by molar-refractivity contribution is -0.200. The summed E-state index contributed by atoms with van der Waals surface area (Å²) in [6.45, 7) is 6.49. The molecule has 35 heavy (non-hydrogen) atoms. The number of ether oxygens (including phenoxy) is 4. The molecule has 0 aromatic heterocycles. The molecule has 0 spiro atoms. The van der Waals surface area contributed by atoms with Gasteiger partial charge in [0.1, 0.15) is 5.76 Å². The summed E-state index contributed by atoms with van der Waals surface area (Å²) in [6.07, 6.45) is 20.3. The van der Waals surface area contributed by atoms with Gasteiger partial charge in [-0.15, -0.1) is 0 Å². The van der Waals surface area contributed by atoms with Crippen molar-refractivity contribution in [3.63, 3.8) is 0 Å². The van der Waals surface area contributed by atoms with E-state index in [4.69, 9.17) is 18.9 Å². The van der Waals surface area contributed by atoms with Crippen molar-refractivity contribution in [1.82, 2.24) is 0 Å². The molecule has 1 saturated carbocycles. The lowest BCUT2D eigenvalue weighted by Crippen LogP contribution is -2.34. The molecular formula is C30H50O5. The van der Waals surface area contributed by atoms with Crippen LogP contribution in [0.25, 0.3) is 0 Å². The fourth-order valence-electron chi connectivity index (χ4n) is 6.58. The van der Waals surface area contributed by atoms with Crippen LogP contribution in [-0.2, 0) is 18.9 Å². The predicted octanol–water partition coefficient (Wildman–Crippen LogP) is 6.90. The fraction of sp³-hybridized carbons (Fsp3) is 0.867. The normalized spacial score (nSPS) is 34.5. The zero-order valence-corrected chi connectivity index (χ0v) is 22.3. The first-order valence-electron chi connectivity index (χ1n) is 14.7. The number of aliphatic hydroxyl groups is 1. The first-order chi connectivity index (χ1) is 17.2. The summed E-state index contributed by atoms with van der Waals surface area (Å²) in [5.41, 5.74) is 1.40. The second-order valence-electron chi connectivity index (χ2n) is 11.4. The predicted molar refractivity (Wildman–Crippen MR) is 139 cm³/mol. The van der Waals surface area contributed by atoms with Crippen LogP contribution in [0.1, 0.15) is 104 Å². The average molecular weight is 491 g/mol. The van der Waals surface area contributed by atoms with E-state index in [1.165, 1.54) is 44.1 Å². The van der Waals surface area contributed by atoms with Crippen LogP contribution in [0.4, 0.5) is 0 Å². The summed E-state index contributed by atoms with van der Waals surface area (Å²) in [5.74, 6) is 3.05. The number of fused-ring (bicyclic) bond motifs is 1. The molecule has 0 radical (unpaired) electrons. The number of hydrogen-bond donors (Lipinski definition) is 1. The maximum Gasteiger partial charge on any atom is 0.199 e. The Morgan fingerprint density at radius 3 is 2.57 bits per heavy atom. The molecule has 0 amide bonds. The van der Waals surface area contributed by atoms with Gasteiger partial charge in [-0.1, -0.05) is 44.8 Å². The monoisotopic (exact) mass is 490 g/mol. The molecule has 2 aliphatic carbocycles. The van der Waals surface area contributed by atoms with E-state index in [2.05, 4.69) is 26.0 Å². The molecule has 0 aromatic rings. The van der Waals surface area contributed by atoms with E-state index in [1.54, 1.807) is 0 Å². The quantitative estimate of drug-likeness (QED) is 0.225. The van der Waals surface area contributed by atoms with Crippen LogP contribution < -0.4 is 0 Å². The fourth-order valence-corrected chi connectivity index (χ4v) is 6.58. The zero-order chi connectivity index (χ0) is 24.5. The molecule has 4 aliphatic rings. The molecule has 4 rings (SSSR count). The topological polar surface area (TPSA) is 57.2 Å². The summed E-state index contributed by atoms with van der Waals surface area (Å²) < 4.78 is 25.4. The van der Waals surface area contributed by atoms with E-state index in [-0.39, 0.29) is 31.2 Å². The van der Waals surface area contributed by atoms with Gasteiger partial charge in [-0.3, -0.25) is 0 Å². The van der Waals surface area contributed by atoms with Crippen LogP contribution in [0.2, 0.25) is 0 Å². The molecule has 0 bridgehead atoms. The van der Waals surface area contributed by atoms with Gasteiger partial charge >= 0.3 is 0 Å². The molecule has 2 aliphatic heterocycles. The third-order valence-corrected chi connectivity index (χ3v) is 8.55. The van der Waals surface area contributed by atoms with Crippen molar-refractivity contribution in [2.45, 2.75) is 122 Å². The molecule has 3 unspecified atom stereocenters. The van der Waals surface area contributed by atoms with Gasteiger partial charge < -0.3 is 24.1 Å². The minimum absolute atomic E-state index is 0.0859. The number of allylic oxidation sites excluding steroid dienone is 2. The van der Waals surface area contributed by atoms with Gasteiger partial charge in [0.25, 0.3) is 0 Å².